The third-order valence-electron chi connectivity index (χ3n) is 2.71. The monoisotopic (exact) mass is 224 g/mol. The van der Waals surface area contributed by atoms with E-state index in [0.29, 0.717) is 0 Å². The van der Waals surface area contributed by atoms with Gasteiger partial charge in [-0.2, -0.15) is 4.37 Å². The molecular weight excluding hydrogens is 214 g/mol. The van der Waals surface area contributed by atoms with Crippen LogP contribution in [0, 0.1) is 13.0 Å². The highest BCUT2D eigenvalue weighted by Crippen LogP contribution is 2.27. The fourth-order valence-electron chi connectivity index (χ4n) is 1.82. The van der Waals surface area contributed by atoms with E-state index in [2.05, 4.69) is 47.7 Å². The second-order valence-corrected chi connectivity index (χ2v) is 4.74. The minimum Gasteiger partial charge on any atom is -0.192 e. The Kier molecular flexibility index (Phi) is 2.22. The van der Waals surface area contributed by atoms with Gasteiger partial charge in [0, 0.05) is 10.3 Å². The minimum absolute atomic E-state index is 1.09. The van der Waals surface area contributed by atoms with Crippen molar-refractivity contribution >= 4 is 22.4 Å². The number of rotatable bonds is 1. The molecular formula is C14H10NS. The van der Waals surface area contributed by atoms with Crippen molar-refractivity contribution in [3.8, 4) is 11.1 Å². The molecule has 1 radical (unpaired) electrons. The summed E-state index contributed by atoms with van der Waals surface area (Å²) in [6, 6.07) is 17.5. The Bertz CT molecular complexity index is 626. The summed E-state index contributed by atoms with van der Waals surface area (Å²) >= 11 is 1.57. The van der Waals surface area contributed by atoms with E-state index in [4.69, 9.17) is 0 Å². The Balaban J connectivity index is 2.22. The van der Waals surface area contributed by atoms with Crippen LogP contribution in [0.3, 0.4) is 0 Å². The van der Waals surface area contributed by atoms with Crippen LogP contribution in [0.5, 0.6) is 0 Å². The van der Waals surface area contributed by atoms with Gasteiger partial charge in [0.15, 0.2) is 0 Å². The van der Waals surface area contributed by atoms with E-state index in [0.717, 1.165) is 5.52 Å². The van der Waals surface area contributed by atoms with E-state index >= 15 is 0 Å². The number of hydrogen-bond acceptors (Lipinski definition) is 2. The van der Waals surface area contributed by atoms with Crippen molar-refractivity contribution in [2.45, 2.75) is 6.92 Å². The number of aromatic nitrogens is 1. The molecule has 77 valence electrons. The number of hydrogen-bond donors (Lipinski definition) is 0. The van der Waals surface area contributed by atoms with E-state index in [1.165, 1.54) is 21.4 Å². The largest absolute Gasteiger partial charge is 0.192 e. The van der Waals surface area contributed by atoms with E-state index in [-0.39, 0.29) is 0 Å². The highest BCUT2D eigenvalue weighted by atomic mass is 32.1. The van der Waals surface area contributed by atoms with E-state index < -0.39 is 0 Å². The number of benzene rings is 2. The summed E-state index contributed by atoms with van der Waals surface area (Å²) in [6.45, 7) is 2.11. The van der Waals surface area contributed by atoms with Crippen molar-refractivity contribution in [2.75, 3.05) is 0 Å². The minimum atomic E-state index is 1.09. The first kappa shape index (κ1) is 9.55. The average Bonchev–Trinajstić information content (AvgIpc) is 2.72. The van der Waals surface area contributed by atoms with Gasteiger partial charge in [-0.3, -0.25) is 0 Å². The fourth-order valence-corrected chi connectivity index (χ4v) is 2.48. The Labute approximate surface area is 98.5 Å². The van der Waals surface area contributed by atoms with Gasteiger partial charge in [0.25, 0.3) is 0 Å². The second kappa shape index (κ2) is 3.72. The zero-order valence-electron chi connectivity index (χ0n) is 8.90. The molecule has 0 aliphatic heterocycles. The summed E-state index contributed by atoms with van der Waals surface area (Å²) in [7, 11) is 0. The van der Waals surface area contributed by atoms with Gasteiger partial charge in [0.1, 0.15) is 0 Å². The van der Waals surface area contributed by atoms with Crippen molar-refractivity contribution in [1.82, 2.24) is 4.37 Å². The third-order valence-corrected chi connectivity index (χ3v) is 3.49. The zero-order valence-corrected chi connectivity index (χ0v) is 9.71. The second-order valence-electron chi connectivity index (χ2n) is 3.76. The van der Waals surface area contributed by atoms with E-state index in [9.17, 15) is 0 Å². The first-order valence-electron chi connectivity index (χ1n) is 5.17. The molecule has 3 rings (SSSR count). The predicted octanol–water partition coefficient (Wildman–Crippen LogP) is 4.07. The van der Waals surface area contributed by atoms with Gasteiger partial charge in [0.05, 0.1) is 5.52 Å². The van der Waals surface area contributed by atoms with Gasteiger partial charge in [-0.15, -0.1) is 0 Å². The first-order chi connectivity index (χ1) is 7.84. The molecule has 1 aromatic heterocycles. The van der Waals surface area contributed by atoms with Gasteiger partial charge in [0.2, 0.25) is 0 Å². The highest BCUT2D eigenvalue weighted by molar-refractivity contribution is 7.07. The summed E-state index contributed by atoms with van der Waals surface area (Å²) in [4.78, 5) is 1.28. The van der Waals surface area contributed by atoms with Crippen LogP contribution in [0.15, 0.2) is 42.5 Å². The molecule has 0 saturated carbocycles. The van der Waals surface area contributed by atoms with Gasteiger partial charge >= 0.3 is 0 Å². The first-order valence-corrected chi connectivity index (χ1v) is 5.94. The maximum atomic E-state index is 4.39. The lowest BCUT2D eigenvalue weighted by Gasteiger charge is -2.01. The highest BCUT2D eigenvalue weighted by Gasteiger charge is 2.03. The van der Waals surface area contributed by atoms with E-state index in [1.54, 1.807) is 11.5 Å². The molecule has 0 atom stereocenters. The molecule has 0 amide bonds. The third kappa shape index (κ3) is 1.51. The molecule has 0 fully saturated rings. The predicted molar refractivity (Wildman–Crippen MR) is 68.6 cm³/mol. The van der Waals surface area contributed by atoms with Crippen LogP contribution in [0.4, 0.5) is 0 Å². The van der Waals surface area contributed by atoms with Crippen LogP contribution in [0.1, 0.15) is 4.88 Å². The summed E-state index contributed by atoms with van der Waals surface area (Å²) < 4.78 is 4.39. The summed E-state index contributed by atoms with van der Waals surface area (Å²) in [5.74, 6) is 0. The quantitative estimate of drug-likeness (QED) is 0.607. The maximum Gasteiger partial charge on any atom is 0.0843 e. The topological polar surface area (TPSA) is 12.9 Å². The Morgan fingerprint density at radius 1 is 1.06 bits per heavy atom. The van der Waals surface area contributed by atoms with Crippen molar-refractivity contribution in [3.63, 3.8) is 0 Å². The number of nitrogens with zero attached hydrogens (tertiary/aromatic N) is 1. The average molecular weight is 224 g/mol. The van der Waals surface area contributed by atoms with Crippen molar-refractivity contribution in [2.24, 2.45) is 0 Å². The molecule has 0 unspecified atom stereocenters. The fraction of sp³-hybridized carbons (Fsp3) is 0.0714. The standard InChI is InChI=1S/C14H10NS/c1-10-13-9-12(7-8-14(13)15-16-10)11-5-3-2-4-6-11/h3-9H,1H3. The molecule has 1 heterocycles. The SMILES string of the molecule is Cc1snc2ccc(-c3cc[c]cc3)cc12. The molecule has 0 aliphatic rings. The molecule has 0 N–H and O–H groups in total. The van der Waals surface area contributed by atoms with Crippen molar-refractivity contribution < 1.29 is 0 Å². The zero-order chi connectivity index (χ0) is 11.0. The van der Waals surface area contributed by atoms with Crippen LogP contribution < -0.4 is 0 Å². The molecule has 3 aromatic rings. The van der Waals surface area contributed by atoms with Crippen molar-refractivity contribution in [1.29, 1.82) is 0 Å². The summed E-state index contributed by atoms with van der Waals surface area (Å²) in [5.41, 5.74) is 3.56. The summed E-state index contributed by atoms with van der Waals surface area (Å²) in [5, 5.41) is 1.26. The van der Waals surface area contributed by atoms with Gasteiger partial charge in [-0.1, -0.05) is 30.3 Å². The number of aryl methyl sites for hydroxylation is 1. The molecule has 0 spiro atoms. The molecule has 0 aliphatic carbocycles. The van der Waals surface area contributed by atoms with Crippen LogP contribution in [-0.2, 0) is 0 Å². The maximum absolute atomic E-state index is 4.39. The lowest BCUT2D eigenvalue weighted by atomic mass is 10.0. The van der Waals surface area contributed by atoms with Crippen LogP contribution in [0.2, 0.25) is 0 Å². The lowest BCUT2D eigenvalue weighted by molar-refractivity contribution is 1.61. The Morgan fingerprint density at radius 2 is 1.88 bits per heavy atom. The lowest BCUT2D eigenvalue weighted by Crippen LogP contribution is -1.77. The van der Waals surface area contributed by atoms with Crippen LogP contribution >= 0.6 is 11.5 Å². The van der Waals surface area contributed by atoms with Crippen molar-refractivity contribution in [3.05, 3.63) is 53.4 Å². The van der Waals surface area contributed by atoms with Gasteiger partial charge in [-0.05, 0) is 47.8 Å². The molecule has 2 aromatic carbocycles. The molecule has 16 heavy (non-hydrogen) atoms. The molecule has 0 bridgehead atoms. The van der Waals surface area contributed by atoms with Crippen LogP contribution in [-0.4, -0.2) is 4.37 Å². The van der Waals surface area contributed by atoms with Gasteiger partial charge < -0.3 is 0 Å². The molecule has 2 heteroatoms. The normalized spacial score (nSPS) is 10.8. The number of fused-ring (bicyclic) bond motifs is 1. The van der Waals surface area contributed by atoms with Gasteiger partial charge in [-0.25, -0.2) is 0 Å². The Hall–Kier alpha value is -1.67. The van der Waals surface area contributed by atoms with E-state index in [1.807, 2.05) is 12.1 Å². The molecule has 0 saturated heterocycles. The summed E-state index contributed by atoms with van der Waals surface area (Å²) in [6.07, 6.45) is 0. The Morgan fingerprint density at radius 3 is 2.69 bits per heavy atom. The smallest absolute Gasteiger partial charge is 0.0843 e. The van der Waals surface area contributed by atoms with Crippen LogP contribution in [0.25, 0.3) is 22.0 Å². The molecule has 1 nitrogen and oxygen atoms in total.